The summed E-state index contributed by atoms with van der Waals surface area (Å²) in [7, 11) is 2.05. The number of rotatable bonds is 5. The molecular formula is C15H28N4. The first-order chi connectivity index (χ1) is 9.01. The second-order valence-corrected chi connectivity index (χ2v) is 6.30. The number of nitrogens with zero attached hydrogens (tertiary/aromatic N) is 3. The molecule has 0 radical (unpaired) electrons. The zero-order chi connectivity index (χ0) is 13.9. The Morgan fingerprint density at radius 2 is 2.00 bits per heavy atom. The summed E-state index contributed by atoms with van der Waals surface area (Å²) >= 11 is 0. The van der Waals surface area contributed by atoms with Crippen molar-refractivity contribution in [3.05, 3.63) is 18.2 Å². The Morgan fingerprint density at radius 1 is 1.32 bits per heavy atom. The molecule has 0 amide bonds. The molecule has 1 aliphatic rings. The minimum atomic E-state index is 0.0889. The number of aromatic nitrogens is 2. The number of likely N-dealkylation sites (tertiary alicyclic amines) is 1. The van der Waals surface area contributed by atoms with E-state index < -0.39 is 0 Å². The van der Waals surface area contributed by atoms with Gasteiger partial charge in [-0.3, -0.25) is 4.90 Å². The van der Waals surface area contributed by atoms with Gasteiger partial charge in [-0.25, -0.2) is 4.98 Å². The van der Waals surface area contributed by atoms with E-state index in [0.29, 0.717) is 0 Å². The molecule has 1 aromatic rings. The molecule has 4 nitrogen and oxygen atoms in total. The first-order valence-corrected chi connectivity index (χ1v) is 7.48. The number of aryl methyl sites for hydroxylation is 2. The van der Waals surface area contributed by atoms with Crippen LogP contribution in [0.1, 0.15) is 45.4 Å². The van der Waals surface area contributed by atoms with Gasteiger partial charge in [-0.15, -0.1) is 0 Å². The molecule has 1 fully saturated rings. The van der Waals surface area contributed by atoms with Crippen molar-refractivity contribution in [1.29, 1.82) is 0 Å². The summed E-state index contributed by atoms with van der Waals surface area (Å²) in [5.41, 5.74) is 6.56. The van der Waals surface area contributed by atoms with E-state index >= 15 is 0 Å². The smallest absolute Gasteiger partial charge is 0.108 e. The highest BCUT2D eigenvalue weighted by Crippen LogP contribution is 2.24. The maximum atomic E-state index is 6.47. The molecule has 2 heterocycles. The van der Waals surface area contributed by atoms with Crippen molar-refractivity contribution in [1.82, 2.24) is 14.5 Å². The summed E-state index contributed by atoms with van der Waals surface area (Å²) in [5, 5.41) is 0. The Labute approximate surface area is 117 Å². The number of piperidine rings is 1. The van der Waals surface area contributed by atoms with E-state index in [9.17, 15) is 0 Å². The molecule has 1 aliphatic heterocycles. The molecule has 0 saturated carbocycles. The van der Waals surface area contributed by atoms with Crippen molar-refractivity contribution in [3.8, 4) is 0 Å². The predicted molar refractivity (Wildman–Crippen MR) is 79.0 cm³/mol. The number of hydrogen-bond acceptors (Lipinski definition) is 3. The van der Waals surface area contributed by atoms with Crippen LogP contribution in [0.4, 0.5) is 0 Å². The van der Waals surface area contributed by atoms with E-state index in [0.717, 1.165) is 18.7 Å². The highest BCUT2D eigenvalue weighted by atomic mass is 15.2. The van der Waals surface area contributed by atoms with E-state index in [2.05, 4.69) is 28.3 Å². The SMILES string of the molecule is Cn1ccnc1CCC(N)C(C)(C)N1CCCCC1. The second-order valence-electron chi connectivity index (χ2n) is 6.30. The van der Waals surface area contributed by atoms with Gasteiger partial charge >= 0.3 is 0 Å². The molecule has 19 heavy (non-hydrogen) atoms. The van der Waals surface area contributed by atoms with Gasteiger partial charge in [0.25, 0.3) is 0 Å². The van der Waals surface area contributed by atoms with Crippen LogP contribution in [0.2, 0.25) is 0 Å². The van der Waals surface area contributed by atoms with Gasteiger partial charge in [0.1, 0.15) is 5.82 Å². The normalized spacial score (nSPS) is 19.6. The van der Waals surface area contributed by atoms with Crippen LogP contribution in [-0.2, 0) is 13.5 Å². The second kappa shape index (κ2) is 6.06. The van der Waals surface area contributed by atoms with Crippen molar-refractivity contribution in [2.75, 3.05) is 13.1 Å². The summed E-state index contributed by atoms with van der Waals surface area (Å²) in [6, 6.07) is 0.197. The van der Waals surface area contributed by atoms with Crippen LogP contribution in [0.25, 0.3) is 0 Å². The Bertz CT molecular complexity index is 391. The molecule has 0 spiro atoms. The van der Waals surface area contributed by atoms with Gasteiger partial charge in [-0.1, -0.05) is 6.42 Å². The zero-order valence-corrected chi connectivity index (χ0v) is 12.6. The Hall–Kier alpha value is -0.870. The van der Waals surface area contributed by atoms with Crippen molar-refractivity contribution < 1.29 is 0 Å². The van der Waals surface area contributed by atoms with Gasteiger partial charge in [0.15, 0.2) is 0 Å². The molecule has 1 unspecified atom stereocenters. The monoisotopic (exact) mass is 264 g/mol. The topological polar surface area (TPSA) is 47.1 Å². The lowest BCUT2D eigenvalue weighted by atomic mass is 9.88. The van der Waals surface area contributed by atoms with Crippen LogP contribution in [0.5, 0.6) is 0 Å². The fourth-order valence-electron chi connectivity index (χ4n) is 2.98. The fourth-order valence-corrected chi connectivity index (χ4v) is 2.98. The molecule has 4 heteroatoms. The third-order valence-corrected chi connectivity index (χ3v) is 4.68. The molecule has 1 aromatic heterocycles. The van der Waals surface area contributed by atoms with Gasteiger partial charge < -0.3 is 10.3 Å². The number of hydrogen-bond donors (Lipinski definition) is 1. The molecule has 0 aromatic carbocycles. The molecule has 108 valence electrons. The first kappa shape index (κ1) is 14.5. The maximum Gasteiger partial charge on any atom is 0.108 e. The highest BCUT2D eigenvalue weighted by Gasteiger charge is 2.33. The molecule has 1 saturated heterocycles. The molecule has 0 aliphatic carbocycles. The van der Waals surface area contributed by atoms with Crippen LogP contribution in [-0.4, -0.2) is 39.1 Å². The van der Waals surface area contributed by atoms with E-state index in [-0.39, 0.29) is 11.6 Å². The standard InChI is InChI=1S/C15H28N4/c1-15(2,19-10-5-4-6-11-19)13(16)7-8-14-17-9-12-18(14)3/h9,12-13H,4-8,10-11,16H2,1-3H3. The van der Waals surface area contributed by atoms with E-state index in [1.54, 1.807) is 0 Å². The van der Waals surface area contributed by atoms with Crippen LogP contribution in [0, 0.1) is 0 Å². The van der Waals surface area contributed by atoms with Crippen LogP contribution in [0.15, 0.2) is 12.4 Å². The van der Waals surface area contributed by atoms with Crippen LogP contribution >= 0.6 is 0 Å². The minimum absolute atomic E-state index is 0.0889. The highest BCUT2D eigenvalue weighted by molar-refractivity contribution is 4.97. The number of imidazole rings is 1. The summed E-state index contributed by atoms with van der Waals surface area (Å²) in [6.07, 6.45) is 9.81. The minimum Gasteiger partial charge on any atom is -0.338 e. The average molecular weight is 264 g/mol. The molecular weight excluding hydrogens is 236 g/mol. The van der Waals surface area contributed by atoms with Crippen LogP contribution in [0.3, 0.4) is 0 Å². The van der Waals surface area contributed by atoms with Gasteiger partial charge in [0.05, 0.1) is 0 Å². The first-order valence-electron chi connectivity index (χ1n) is 7.48. The third kappa shape index (κ3) is 3.37. The van der Waals surface area contributed by atoms with Crippen LogP contribution < -0.4 is 5.73 Å². The van der Waals surface area contributed by atoms with Gasteiger partial charge in [-0.2, -0.15) is 0 Å². The fraction of sp³-hybridized carbons (Fsp3) is 0.800. The zero-order valence-electron chi connectivity index (χ0n) is 12.6. The Morgan fingerprint density at radius 3 is 2.58 bits per heavy atom. The third-order valence-electron chi connectivity index (χ3n) is 4.68. The summed E-state index contributed by atoms with van der Waals surface area (Å²) in [4.78, 5) is 6.95. The molecule has 2 N–H and O–H groups in total. The van der Waals surface area contributed by atoms with Gasteiger partial charge in [0, 0.05) is 37.4 Å². The van der Waals surface area contributed by atoms with Gasteiger partial charge in [-0.05, 0) is 46.2 Å². The number of nitrogens with two attached hydrogens (primary N) is 1. The predicted octanol–water partition coefficient (Wildman–Crippen LogP) is 1.94. The Kier molecular flexibility index (Phi) is 4.63. The average Bonchev–Trinajstić information content (AvgIpc) is 2.82. The van der Waals surface area contributed by atoms with Crippen molar-refractivity contribution in [3.63, 3.8) is 0 Å². The van der Waals surface area contributed by atoms with Gasteiger partial charge in [0.2, 0.25) is 0 Å². The largest absolute Gasteiger partial charge is 0.338 e. The maximum absolute atomic E-state index is 6.47. The molecule has 1 atom stereocenters. The van der Waals surface area contributed by atoms with E-state index in [1.807, 2.05) is 19.4 Å². The molecule has 2 rings (SSSR count). The van der Waals surface area contributed by atoms with Crippen molar-refractivity contribution >= 4 is 0 Å². The lowest BCUT2D eigenvalue weighted by molar-refractivity contribution is 0.0705. The summed E-state index contributed by atoms with van der Waals surface area (Å²) < 4.78 is 2.08. The quantitative estimate of drug-likeness (QED) is 0.884. The van der Waals surface area contributed by atoms with E-state index in [4.69, 9.17) is 5.73 Å². The summed E-state index contributed by atoms with van der Waals surface area (Å²) in [5.74, 6) is 1.13. The summed E-state index contributed by atoms with van der Waals surface area (Å²) in [6.45, 7) is 6.98. The van der Waals surface area contributed by atoms with Crippen molar-refractivity contribution in [2.45, 2.75) is 57.5 Å². The lowest BCUT2D eigenvalue weighted by Crippen LogP contribution is -2.57. The molecule has 0 bridgehead atoms. The van der Waals surface area contributed by atoms with E-state index in [1.165, 1.54) is 32.4 Å². The van der Waals surface area contributed by atoms with Crippen molar-refractivity contribution in [2.24, 2.45) is 12.8 Å². The Balaban J connectivity index is 1.90. The lowest BCUT2D eigenvalue weighted by Gasteiger charge is -2.44.